The molecular formula is C17H15ClN2O3. The number of hydrogen-bond acceptors (Lipinski definition) is 4. The molecule has 1 aliphatic rings. The lowest BCUT2D eigenvalue weighted by Crippen LogP contribution is -2.25. The third-order valence-electron chi connectivity index (χ3n) is 3.65. The zero-order valence-electron chi connectivity index (χ0n) is 12.2. The molecule has 0 radical (unpaired) electrons. The van der Waals surface area contributed by atoms with E-state index in [0.29, 0.717) is 29.3 Å². The maximum atomic E-state index is 12.3. The third kappa shape index (κ3) is 3.46. The monoisotopic (exact) mass is 330 g/mol. The van der Waals surface area contributed by atoms with Gasteiger partial charge in [-0.2, -0.15) is 5.10 Å². The number of aromatic hydroxyl groups is 2. The molecule has 5 nitrogen and oxygen atoms in total. The number of halogens is 1. The Bertz CT molecular complexity index is 772. The first kappa shape index (κ1) is 15.4. The zero-order chi connectivity index (χ0) is 16.4. The number of rotatable bonds is 3. The molecule has 6 heteroatoms. The van der Waals surface area contributed by atoms with Crippen molar-refractivity contribution < 1.29 is 15.0 Å². The van der Waals surface area contributed by atoms with E-state index in [1.165, 1.54) is 11.1 Å². The van der Waals surface area contributed by atoms with E-state index in [2.05, 4.69) is 5.10 Å². The van der Waals surface area contributed by atoms with Crippen molar-refractivity contribution >= 4 is 23.2 Å². The molecule has 0 aliphatic carbocycles. The smallest absolute Gasteiger partial charge is 0.247 e. The minimum atomic E-state index is -0.132. The van der Waals surface area contributed by atoms with Gasteiger partial charge in [-0.05, 0) is 35.9 Å². The highest BCUT2D eigenvalue weighted by molar-refractivity contribution is 6.31. The number of hydrazone groups is 1. The summed E-state index contributed by atoms with van der Waals surface area (Å²) in [7, 11) is 0. The molecule has 118 valence electrons. The van der Waals surface area contributed by atoms with E-state index < -0.39 is 0 Å². The highest BCUT2D eigenvalue weighted by atomic mass is 35.5. The molecule has 1 heterocycles. The lowest BCUT2D eigenvalue weighted by Gasteiger charge is -2.11. The molecule has 0 unspecified atom stereocenters. The largest absolute Gasteiger partial charge is 0.508 e. The van der Waals surface area contributed by atoms with Crippen molar-refractivity contribution in [2.45, 2.75) is 12.8 Å². The lowest BCUT2D eigenvalue weighted by molar-refractivity contribution is -0.130. The van der Waals surface area contributed by atoms with Gasteiger partial charge in [0.25, 0.3) is 0 Å². The summed E-state index contributed by atoms with van der Waals surface area (Å²) >= 11 is 5.95. The van der Waals surface area contributed by atoms with Crippen molar-refractivity contribution in [2.24, 2.45) is 5.10 Å². The Balaban J connectivity index is 1.75. The fourth-order valence-corrected chi connectivity index (χ4v) is 2.62. The molecular weight excluding hydrogens is 316 g/mol. The van der Waals surface area contributed by atoms with Crippen LogP contribution >= 0.6 is 11.6 Å². The van der Waals surface area contributed by atoms with Crippen molar-refractivity contribution in [2.75, 3.05) is 6.54 Å². The van der Waals surface area contributed by atoms with Crippen molar-refractivity contribution in [3.8, 4) is 11.5 Å². The van der Waals surface area contributed by atoms with Crippen LogP contribution in [0.15, 0.2) is 47.6 Å². The maximum Gasteiger partial charge on any atom is 0.247 e. The van der Waals surface area contributed by atoms with Crippen molar-refractivity contribution in [3.63, 3.8) is 0 Å². The summed E-state index contributed by atoms with van der Waals surface area (Å²) in [6.07, 6.45) is 0.772. The topological polar surface area (TPSA) is 73.1 Å². The molecule has 23 heavy (non-hydrogen) atoms. The number of hydrogen-bond donors (Lipinski definition) is 2. The maximum absolute atomic E-state index is 12.3. The van der Waals surface area contributed by atoms with Crippen molar-refractivity contribution in [1.82, 2.24) is 5.01 Å². The van der Waals surface area contributed by atoms with Crippen LogP contribution in [0.3, 0.4) is 0 Å². The normalized spacial score (nSPS) is 14.0. The van der Waals surface area contributed by atoms with Gasteiger partial charge in [-0.25, -0.2) is 5.01 Å². The minimum Gasteiger partial charge on any atom is -0.508 e. The molecule has 0 fully saturated rings. The van der Waals surface area contributed by atoms with Gasteiger partial charge in [0.15, 0.2) is 0 Å². The molecule has 2 aromatic rings. The Morgan fingerprint density at radius 1 is 1.17 bits per heavy atom. The van der Waals surface area contributed by atoms with Gasteiger partial charge in [-0.15, -0.1) is 0 Å². The van der Waals surface area contributed by atoms with Crippen LogP contribution in [0, 0.1) is 0 Å². The second-order valence-corrected chi connectivity index (χ2v) is 5.75. The molecule has 0 saturated carbocycles. The quantitative estimate of drug-likeness (QED) is 0.908. The van der Waals surface area contributed by atoms with E-state index in [9.17, 15) is 15.0 Å². The van der Waals surface area contributed by atoms with Crippen LogP contribution in [0.1, 0.15) is 17.5 Å². The van der Waals surface area contributed by atoms with Crippen LogP contribution in [-0.2, 0) is 11.2 Å². The van der Waals surface area contributed by atoms with E-state index in [1.807, 2.05) is 0 Å². The zero-order valence-corrected chi connectivity index (χ0v) is 13.0. The first-order chi connectivity index (χ1) is 11.0. The number of amides is 1. The number of nitrogens with zero attached hydrogens (tertiary/aromatic N) is 2. The molecule has 2 N–H and O–H groups in total. The standard InChI is InChI=1S/C17H15ClN2O3/c18-12-3-6-16(22)14(10-12)15-7-8-20(19-15)17(23)9-11-1-4-13(21)5-2-11/h1-6,10,21-22H,7-9H2. The number of phenolic OH excluding ortho intramolecular Hbond substituents is 2. The Labute approximate surface area is 138 Å². The number of benzene rings is 2. The van der Waals surface area contributed by atoms with Gasteiger partial charge in [-0.1, -0.05) is 23.7 Å². The molecule has 1 aliphatic heterocycles. The highest BCUT2D eigenvalue weighted by Crippen LogP contribution is 2.26. The van der Waals surface area contributed by atoms with Crippen LogP contribution in [-0.4, -0.2) is 33.4 Å². The third-order valence-corrected chi connectivity index (χ3v) is 3.89. The van der Waals surface area contributed by atoms with Crippen LogP contribution in [0.25, 0.3) is 0 Å². The summed E-state index contributed by atoms with van der Waals surface area (Å²) in [4.78, 5) is 12.3. The molecule has 2 aromatic carbocycles. The fraction of sp³-hybridized carbons (Fsp3) is 0.176. The predicted molar refractivity (Wildman–Crippen MR) is 87.8 cm³/mol. The van der Waals surface area contributed by atoms with Crippen LogP contribution in [0.4, 0.5) is 0 Å². The Morgan fingerprint density at radius 2 is 1.91 bits per heavy atom. The summed E-state index contributed by atoms with van der Waals surface area (Å²) in [5.41, 5.74) is 2.00. The molecule has 0 spiro atoms. The van der Waals surface area contributed by atoms with Crippen molar-refractivity contribution in [1.29, 1.82) is 0 Å². The summed E-state index contributed by atoms with van der Waals surface area (Å²) in [6.45, 7) is 0.470. The molecule has 0 bridgehead atoms. The fourth-order valence-electron chi connectivity index (χ4n) is 2.45. The Morgan fingerprint density at radius 3 is 2.65 bits per heavy atom. The van der Waals surface area contributed by atoms with Gasteiger partial charge in [0.1, 0.15) is 11.5 Å². The van der Waals surface area contributed by atoms with Gasteiger partial charge >= 0.3 is 0 Å². The van der Waals surface area contributed by atoms with Gasteiger partial charge in [0.2, 0.25) is 5.91 Å². The minimum absolute atomic E-state index is 0.0981. The van der Waals surface area contributed by atoms with E-state index in [0.717, 1.165) is 5.56 Å². The summed E-state index contributed by atoms with van der Waals surface area (Å²) in [6, 6.07) is 11.3. The van der Waals surface area contributed by atoms with E-state index in [4.69, 9.17) is 11.6 Å². The Kier molecular flexibility index (Phi) is 4.21. The molecule has 0 atom stereocenters. The molecule has 0 aromatic heterocycles. The van der Waals surface area contributed by atoms with Gasteiger partial charge in [0, 0.05) is 17.0 Å². The summed E-state index contributed by atoms with van der Waals surface area (Å²) in [5.74, 6) is 0.132. The van der Waals surface area contributed by atoms with Gasteiger partial charge in [-0.3, -0.25) is 4.79 Å². The van der Waals surface area contributed by atoms with Crippen molar-refractivity contribution in [3.05, 3.63) is 58.6 Å². The second kappa shape index (κ2) is 6.30. The predicted octanol–water partition coefficient (Wildman–Crippen LogP) is 2.93. The number of carbonyl (C=O) groups is 1. The molecule has 3 rings (SSSR count). The van der Waals surface area contributed by atoms with Crippen LogP contribution in [0.2, 0.25) is 5.02 Å². The average Bonchev–Trinajstić information content (AvgIpc) is 3.02. The first-order valence-corrected chi connectivity index (χ1v) is 7.55. The van der Waals surface area contributed by atoms with Gasteiger partial charge in [0.05, 0.1) is 18.7 Å². The highest BCUT2D eigenvalue weighted by Gasteiger charge is 2.23. The number of phenols is 2. The molecule has 0 saturated heterocycles. The summed E-state index contributed by atoms with van der Waals surface area (Å²) < 4.78 is 0. The van der Waals surface area contributed by atoms with Gasteiger partial charge < -0.3 is 10.2 Å². The first-order valence-electron chi connectivity index (χ1n) is 7.17. The second-order valence-electron chi connectivity index (χ2n) is 5.32. The van der Waals surface area contributed by atoms with Crippen LogP contribution in [0.5, 0.6) is 11.5 Å². The molecule has 1 amide bonds. The Hall–Kier alpha value is -2.53. The summed E-state index contributed by atoms with van der Waals surface area (Å²) in [5, 5.41) is 25.4. The van der Waals surface area contributed by atoms with E-state index in [1.54, 1.807) is 36.4 Å². The van der Waals surface area contributed by atoms with E-state index in [-0.39, 0.29) is 23.8 Å². The van der Waals surface area contributed by atoms with E-state index >= 15 is 0 Å². The lowest BCUT2D eigenvalue weighted by atomic mass is 10.1. The average molecular weight is 331 g/mol. The SMILES string of the molecule is O=C(Cc1ccc(O)cc1)N1CCC(c2cc(Cl)ccc2O)=N1. The number of carbonyl (C=O) groups excluding carboxylic acids is 1. The van der Waals surface area contributed by atoms with Crippen LogP contribution < -0.4 is 0 Å².